The molecule has 0 bridgehead atoms. The van der Waals surface area contributed by atoms with Crippen molar-refractivity contribution < 1.29 is 27.7 Å². The lowest BCUT2D eigenvalue weighted by atomic mass is 10.1. The molecule has 0 radical (unpaired) electrons. The molecule has 1 N–H and O–H groups in total. The van der Waals surface area contributed by atoms with E-state index in [-0.39, 0.29) is 22.5 Å². The van der Waals surface area contributed by atoms with Crippen molar-refractivity contribution in [2.24, 2.45) is 0 Å². The van der Waals surface area contributed by atoms with Crippen LogP contribution in [0, 0.1) is 24.0 Å². The number of rotatable bonds is 4. The molecule has 2 aromatic carbocycles. The minimum atomic E-state index is -4.55. The number of nitrogens with zero attached hydrogens (tertiary/aromatic N) is 2. The van der Waals surface area contributed by atoms with Crippen LogP contribution in [0.25, 0.3) is 0 Å². The first-order valence-electron chi connectivity index (χ1n) is 9.53. The van der Waals surface area contributed by atoms with Gasteiger partial charge in [0.15, 0.2) is 0 Å². The van der Waals surface area contributed by atoms with E-state index in [1.807, 2.05) is 0 Å². The van der Waals surface area contributed by atoms with Crippen LogP contribution in [0.3, 0.4) is 0 Å². The molecule has 1 atom stereocenters. The number of nitrogens with one attached hydrogen (secondary N) is 1. The zero-order chi connectivity index (χ0) is 22.9. The molecule has 10 heteroatoms. The summed E-state index contributed by atoms with van der Waals surface area (Å²) in [6.07, 6.45) is -3.63. The van der Waals surface area contributed by atoms with E-state index in [4.69, 9.17) is 0 Å². The van der Waals surface area contributed by atoms with E-state index >= 15 is 0 Å². The molecular formula is C21H20F3N3O4. The first-order valence-corrected chi connectivity index (χ1v) is 9.53. The van der Waals surface area contributed by atoms with E-state index in [1.54, 1.807) is 0 Å². The summed E-state index contributed by atoms with van der Waals surface area (Å²) in [7, 11) is 0. The molecule has 0 saturated carbocycles. The number of halogens is 3. The number of hydrogen-bond donors (Lipinski definition) is 1. The van der Waals surface area contributed by atoms with Gasteiger partial charge in [0.25, 0.3) is 11.6 Å². The van der Waals surface area contributed by atoms with Crippen molar-refractivity contribution in [1.29, 1.82) is 0 Å². The third kappa shape index (κ3) is 4.68. The number of aryl methyl sites for hydroxylation is 2. The van der Waals surface area contributed by atoms with Gasteiger partial charge in [-0.15, -0.1) is 0 Å². The highest BCUT2D eigenvalue weighted by Crippen LogP contribution is 2.33. The maximum absolute atomic E-state index is 13.1. The third-order valence-electron chi connectivity index (χ3n) is 5.27. The molecule has 1 aliphatic heterocycles. The molecule has 1 unspecified atom stereocenters. The fraction of sp³-hybridized carbons (Fsp3) is 0.333. The number of amides is 2. The number of hydrogen-bond acceptors (Lipinski definition) is 4. The van der Waals surface area contributed by atoms with Crippen molar-refractivity contribution in [1.82, 2.24) is 4.90 Å². The summed E-state index contributed by atoms with van der Waals surface area (Å²) in [5.74, 6) is -1.04. The van der Waals surface area contributed by atoms with Crippen molar-refractivity contribution in [3.05, 3.63) is 68.8 Å². The molecule has 2 amide bonds. The first kappa shape index (κ1) is 22.3. The van der Waals surface area contributed by atoms with Crippen LogP contribution in [-0.4, -0.2) is 34.2 Å². The van der Waals surface area contributed by atoms with Crippen LogP contribution < -0.4 is 5.32 Å². The zero-order valence-corrected chi connectivity index (χ0v) is 16.8. The van der Waals surface area contributed by atoms with Crippen molar-refractivity contribution in [3.8, 4) is 0 Å². The monoisotopic (exact) mass is 435 g/mol. The van der Waals surface area contributed by atoms with Gasteiger partial charge in [0.05, 0.1) is 10.5 Å². The molecular weight excluding hydrogens is 415 g/mol. The summed E-state index contributed by atoms with van der Waals surface area (Å²) in [6, 6.07) is 6.63. The number of likely N-dealkylation sites (tertiary alicyclic amines) is 1. The Hall–Kier alpha value is -3.43. The smallest absolute Gasteiger partial charge is 0.327 e. The lowest BCUT2D eigenvalue weighted by Gasteiger charge is -2.24. The zero-order valence-electron chi connectivity index (χ0n) is 16.8. The van der Waals surface area contributed by atoms with Crippen LogP contribution in [-0.2, 0) is 11.0 Å². The molecule has 7 nitrogen and oxygen atoms in total. The maximum Gasteiger partial charge on any atom is 0.416 e. The highest BCUT2D eigenvalue weighted by atomic mass is 19.4. The van der Waals surface area contributed by atoms with E-state index in [9.17, 15) is 32.9 Å². The Morgan fingerprint density at radius 1 is 1.13 bits per heavy atom. The summed E-state index contributed by atoms with van der Waals surface area (Å²) >= 11 is 0. The van der Waals surface area contributed by atoms with Crippen LogP contribution in [0.15, 0.2) is 36.4 Å². The number of alkyl halides is 3. The number of benzene rings is 2. The van der Waals surface area contributed by atoms with E-state index in [0.717, 1.165) is 6.07 Å². The quantitative estimate of drug-likeness (QED) is 0.566. The molecule has 1 heterocycles. The molecule has 31 heavy (non-hydrogen) atoms. The third-order valence-corrected chi connectivity index (χ3v) is 5.27. The van der Waals surface area contributed by atoms with E-state index in [0.29, 0.717) is 24.9 Å². The highest BCUT2D eigenvalue weighted by molar-refractivity contribution is 6.01. The van der Waals surface area contributed by atoms with Crippen LogP contribution in [0.1, 0.15) is 39.9 Å². The maximum atomic E-state index is 13.1. The largest absolute Gasteiger partial charge is 0.416 e. The number of anilines is 1. The molecule has 0 spiro atoms. The molecule has 164 valence electrons. The van der Waals surface area contributed by atoms with Gasteiger partial charge >= 0.3 is 6.18 Å². The average molecular weight is 435 g/mol. The normalized spacial score (nSPS) is 16.3. The molecule has 3 rings (SSSR count). The molecule has 1 aliphatic rings. The van der Waals surface area contributed by atoms with Crippen LogP contribution in [0.5, 0.6) is 0 Å². The summed E-state index contributed by atoms with van der Waals surface area (Å²) in [6.45, 7) is 3.14. The predicted octanol–water partition coefficient (Wildman–Crippen LogP) is 4.47. The van der Waals surface area contributed by atoms with Gasteiger partial charge in [0, 0.05) is 29.4 Å². The Balaban J connectivity index is 1.79. The highest BCUT2D eigenvalue weighted by Gasteiger charge is 2.36. The van der Waals surface area contributed by atoms with Gasteiger partial charge in [-0.05, 0) is 56.5 Å². The van der Waals surface area contributed by atoms with E-state index in [1.165, 1.54) is 49.1 Å². The fourth-order valence-electron chi connectivity index (χ4n) is 3.67. The molecule has 1 saturated heterocycles. The Labute approximate surface area is 176 Å². The van der Waals surface area contributed by atoms with Crippen molar-refractivity contribution in [2.45, 2.75) is 38.9 Å². The lowest BCUT2D eigenvalue weighted by molar-refractivity contribution is -0.385. The molecule has 0 aromatic heterocycles. The summed E-state index contributed by atoms with van der Waals surface area (Å²) in [5.41, 5.74) is -0.406. The van der Waals surface area contributed by atoms with Gasteiger partial charge in [-0.3, -0.25) is 19.7 Å². The topological polar surface area (TPSA) is 92.6 Å². The van der Waals surface area contributed by atoms with Crippen molar-refractivity contribution in [2.75, 3.05) is 11.9 Å². The predicted molar refractivity (Wildman–Crippen MR) is 107 cm³/mol. The Morgan fingerprint density at radius 2 is 1.84 bits per heavy atom. The number of nitro groups is 1. The van der Waals surface area contributed by atoms with Crippen molar-refractivity contribution >= 4 is 23.2 Å². The van der Waals surface area contributed by atoms with Gasteiger partial charge in [-0.25, -0.2) is 0 Å². The second-order valence-electron chi connectivity index (χ2n) is 7.43. The number of nitro benzene ring substituents is 1. The van der Waals surface area contributed by atoms with Gasteiger partial charge in [0.1, 0.15) is 6.04 Å². The van der Waals surface area contributed by atoms with Crippen LogP contribution in [0.2, 0.25) is 0 Å². The summed E-state index contributed by atoms with van der Waals surface area (Å²) in [4.78, 5) is 37.4. The average Bonchev–Trinajstić information content (AvgIpc) is 3.17. The summed E-state index contributed by atoms with van der Waals surface area (Å²) in [5, 5.41) is 13.4. The van der Waals surface area contributed by atoms with E-state index < -0.39 is 34.5 Å². The molecule has 0 aliphatic carbocycles. The summed E-state index contributed by atoms with van der Waals surface area (Å²) < 4.78 is 39.4. The van der Waals surface area contributed by atoms with Gasteiger partial charge < -0.3 is 10.2 Å². The minimum absolute atomic E-state index is 0.00611. The molecule has 2 aromatic rings. The minimum Gasteiger partial charge on any atom is -0.327 e. The van der Waals surface area contributed by atoms with Crippen LogP contribution >= 0.6 is 0 Å². The van der Waals surface area contributed by atoms with Crippen LogP contribution in [0.4, 0.5) is 24.5 Å². The Morgan fingerprint density at radius 3 is 2.45 bits per heavy atom. The standard InChI is InChI=1S/C21H20F3N3O4/c1-12-5-7-15(11-16(12)21(22,23)24)25-19(28)18-4-3-9-26(18)20(29)14-6-8-17(27(30)31)13(2)10-14/h5-8,10-11,18H,3-4,9H2,1-2H3,(H,25,28). The number of carbonyl (C=O) groups is 2. The van der Waals surface area contributed by atoms with Crippen molar-refractivity contribution in [3.63, 3.8) is 0 Å². The van der Waals surface area contributed by atoms with E-state index in [2.05, 4.69) is 5.32 Å². The Bertz CT molecular complexity index is 1050. The Kier molecular flexibility index (Phi) is 6.01. The first-order chi connectivity index (χ1) is 14.5. The van der Waals surface area contributed by atoms with Gasteiger partial charge in [0.2, 0.25) is 5.91 Å². The fourth-order valence-corrected chi connectivity index (χ4v) is 3.67. The second-order valence-corrected chi connectivity index (χ2v) is 7.43. The molecule has 1 fully saturated rings. The second kappa shape index (κ2) is 8.37. The van der Waals surface area contributed by atoms with Gasteiger partial charge in [-0.2, -0.15) is 13.2 Å². The number of carbonyl (C=O) groups excluding carboxylic acids is 2. The lowest BCUT2D eigenvalue weighted by Crippen LogP contribution is -2.43. The SMILES string of the molecule is Cc1cc(C(=O)N2CCCC2C(=O)Nc2ccc(C)c(C(F)(F)F)c2)ccc1[N+](=O)[O-]. The van der Waals surface area contributed by atoms with Gasteiger partial charge in [-0.1, -0.05) is 6.07 Å².